The number of carbonyl (C=O) groups is 1. The van der Waals surface area contributed by atoms with E-state index in [4.69, 9.17) is 14.5 Å². The number of morpholine rings is 1. The lowest BCUT2D eigenvalue weighted by Crippen LogP contribution is -2.38. The normalized spacial score (nSPS) is 15.2. The van der Waals surface area contributed by atoms with Crippen LogP contribution >= 0.6 is 12.4 Å². The molecule has 1 aromatic carbocycles. The van der Waals surface area contributed by atoms with Gasteiger partial charge in [0.25, 0.3) is 0 Å². The summed E-state index contributed by atoms with van der Waals surface area (Å²) in [5, 5.41) is 0. The first-order valence-electron chi connectivity index (χ1n) is 9.14. The van der Waals surface area contributed by atoms with Crippen LogP contribution in [0.3, 0.4) is 0 Å². The Morgan fingerprint density at radius 3 is 2.59 bits per heavy atom. The Balaban J connectivity index is 0.00000210. The number of ether oxygens (including phenoxy) is 2. The van der Waals surface area contributed by atoms with Crippen LogP contribution in [0, 0.1) is 6.92 Å². The number of aromatic nitrogens is 3. The number of halogens is 1. The summed E-state index contributed by atoms with van der Waals surface area (Å²) in [6.45, 7) is 9.26. The molecule has 7 nitrogen and oxygen atoms in total. The summed E-state index contributed by atoms with van der Waals surface area (Å²) >= 11 is 0. The second kappa shape index (κ2) is 8.29. The summed E-state index contributed by atoms with van der Waals surface area (Å²) in [4.78, 5) is 19.6. The lowest BCUT2D eigenvalue weighted by Gasteiger charge is -2.26. The molecule has 0 amide bonds. The first kappa shape index (κ1) is 19.7. The first-order chi connectivity index (χ1) is 12.7. The summed E-state index contributed by atoms with van der Waals surface area (Å²) in [5.41, 5.74) is 3.27. The van der Waals surface area contributed by atoms with E-state index in [1.807, 2.05) is 36.4 Å². The van der Waals surface area contributed by atoms with Crippen LogP contribution in [-0.4, -0.2) is 64.3 Å². The van der Waals surface area contributed by atoms with Gasteiger partial charge in [-0.05, 0) is 26.0 Å². The third kappa shape index (κ3) is 3.54. The minimum Gasteiger partial charge on any atom is -0.461 e. The van der Waals surface area contributed by atoms with E-state index in [-0.39, 0.29) is 18.4 Å². The zero-order chi connectivity index (χ0) is 18.1. The zero-order valence-corrected chi connectivity index (χ0v) is 16.5. The number of aryl methyl sites for hydroxylation is 1. The molecule has 0 aliphatic carbocycles. The van der Waals surface area contributed by atoms with Gasteiger partial charge in [0.1, 0.15) is 0 Å². The number of carbonyl (C=O) groups excluding carboxylic acids is 1. The molecule has 0 atom stereocenters. The van der Waals surface area contributed by atoms with Crippen molar-refractivity contribution >= 4 is 35.2 Å². The molecule has 2 aromatic heterocycles. The fraction of sp³-hybridized carbons (Fsp3) is 0.474. The van der Waals surface area contributed by atoms with Gasteiger partial charge < -0.3 is 14.0 Å². The van der Waals surface area contributed by atoms with Crippen molar-refractivity contribution in [2.45, 2.75) is 20.4 Å². The molecule has 3 aromatic rings. The Kier molecular flexibility index (Phi) is 6.04. The van der Waals surface area contributed by atoms with Crippen molar-refractivity contribution in [3.8, 4) is 0 Å². The number of nitrogens with zero attached hydrogens (tertiary/aromatic N) is 4. The van der Waals surface area contributed by atoms with E-state index < -0.39 is 0 Å². The minimum absolute atomic E-state index is 0. The monoisotopic (exact) mass is 392 g/mol. The molecule has 0 bridgehead atoms. The molecule has 3 heterocycles. The van der Waals surface area contributed by atoms with Crippen LogP contribution in [0.2, 0.25) is 0 Å². The summed E-state index contributed by atoms with van der Waals surface area (Å²) in [7, 11) is 0. The number of imidazole rings is 2. The number of hydrogen-bond donors (Lipinski definition) is 0. The molecule has 0 saturated carbocycles. The lowest BCUT2D eigenvalue weighted by molar-refractivity contribution is 0.0366. The maximum atomic E-state index is 12.5. The molecular formula is C19H25ClN4O3. The average Bonchev–Trinajstić information content (AvgIpc) is 3.14. The molecular weight excluding hydrogens is 368 g/mol. The van der Waals surface area contributed by atoms with Crippen molar-refractivity contribution < 1.29 is 14.3 Å². The van der Waals surface area contributed by atoms with Crippen LogP contribution < -0.4 is 0 Å². The van der Waals surface area contributed by atoms with Crippen molar-refractivity contribution in [1.82, 2.24) is 18.9 Å². The van der Waals surface area contributed by atoms with Gasteiger partial charge in [0.15, 0.2) is 5.69 Å². The highest BCUT2D eigenvalue weighted by atomic mass is 35.5. The summed E-state index contributed by atoms with van der Waals surface area (Å²) in [5.74, 6) is 0.466. The highest BCUT2D eigenvalue weighted by molar-refractivity contribution is 5.93. The number of benzene rings is 1. The van der Waals surface area contributed by atoms with Gasteiger partial charge in [-0.15, -0.1) is 12.4 Å². The number of hydrogen-bond acceptors (Lipinski definition) is 5. The van der Waals surface area contributed by atoms with Crippen molar-refractivity contribution in [2.24, 2.45) is 0 Å². The van der Waals surface area contributed by atoms with E-state index in [1.165, 1.54) is 0 Å². The van der Waals surface area contributed by atoms with Gasteiger partial charge in [-0.2, -0.15) is 0 Å². The Bertz CT molecular complexity index is 943. The van der Waals surface area contributed by atoms with Crippen LogP contribution in [0.15, 0.2) is 24.3 Å². The predicted molar refractivity (Wildman–Crippen MR) is 106 cm³/mol. The third-order valence-electron chi connectivity index (χ3n) is 4.90. The topological polar surface area (TPSA) is 61.0 Å². The van der Waals surface area contributed by atoms with Crippen molar-refractivity contribution in [1.29, 1.82) is 0 Å². The first-order valence-corrected chi connectivity index (χ1v) is 9.14. The summed E-state index contributed by atoms with van der Waals surface area (Å²) < 4.78 is 14.8. The number of para-hydroxylation sites is 2. The summed E-state index contributed by atoms with van der Waals surface area (Å²) in [6.07, 6.45) is 0. The number of esters is 1. The smallest absolute Gasteiger partial charge is 0.357 e. The average molecular weight is 393 g/mol. The molecule has 1 aliphatic rings. The van der Waals surface area contributed by atoms with Crippen LogP contribution in [-0.2, 0) is 16.0 Å². The van der Waals surface area contributed by atoms with Gasteiger partial charge in [0, 0.05) is 26.2 Å². The molecule has 4 rings (SSSR count). The Morgan fingerprint density at radius 2 is 1.89 bits per heavy atom. The predicted octanol–water partition coefficient (Wildman–Crippen LogP) is 2.53. The van der Waals surface area contributed by atoms with E-state index in [9.17, 15) is 4.79 Å². The molecule has 1 fully saturated rings. The van der Waals surface area contributed by atoms with Crippen LogP contribution in [0.25, 0.3) is 16.8 Å². The maximum absolute atomic E-state index is 12.5. The largest absolute Gasteiger partial charge is 0.461 e. The van der Waals surface area contributed by atoms with Crippen molar-refractivity contribution in [3.05, 3.63) is 35.7 Å². The molecule has 0 spiro atoms. The molecule has 1 saturated heterocycles. The SMILES string of the molecule is CCOC(=O)c1c(C)nc2n(CCN3CCOCC3)c3ccccc3n12.Cl. The Hall–Kier alpha value is -2.09. The molecule has 1 aliphatic heterocycles. The fourth-order valence-corrected chi connectivity index (χ4v) is 3.64. The number of rotatable bonds is 5. The quantitative estimate of drug-likeness (QED) is 0.624. The van der Waals surface area contributed by atoms with Gasteiger partial charge in [-0.1, -0.05) is 12.1 Å². The Morgan fingerprint density at radius 1 is 1.19 bits per heavy atom. The third-order valence-corrected chi connectivity index (χ3v) is 4.90. The minimum atomic E-state index is -0.325. The fourth-order valence-electron chi connectivity index (χ4n) is 3.64. The van der Waals surface area contributed by atoms with E-state index in [0.717, 1.165) is 56.2 Å². The van der Waals surface area contributed by atoms with Gasteiger partial charge in [0.05, 0.1) is 36.5 Å². The van der Waals surface area contributed by atoms with Gasteiger partial charge in [-0.3, -0.25) is 9.30 Å². The molecule has 146 valence electrons. The van der Waals surface area contributed by atoms with Crippen molar-refractivity contribution in [3.63, 3.8) is 0 Å². The lowest BCUT2D eigenvalue weighted by atomic mass is 10.3. The van der Waals surface area contributed by atoms with Crippen molar-refractivity contribution in [2.75, 3.05) is 39.5 Å². The highest BCUT2D eigenvalue weighted by Gasteiger charge is 2.23. The van der Waals surface area contributed by atoms with Gasteiger partial charge >= 0.3 is 5.97 Å². The molecule has 27 heavy (non-hydrogen) atoms. The zero-order valence-electron chi connectivity index (χ0n) is 15.7. The van der Waals surface area contributed by atoms with Crippen LogP contribution in [0.1, 0.15) is 23.1 Å². The Labute approximate surface area is 164 Å². The van der Waals surface area contributed by atoms with Gasteiger partial charge in [-0.25, -0.2) is 9.78 Å². The van der Waals surface area contributed by atoms with E-state index >= 15 is 0 Å². The number of fused-ring (bicyclic) bond motifs is 3. The molecule has 0 radical (unpaired) electrons. The van der Waals surface area contributed by atoms with Crippen LogP contribution in [0.5, 0.6) is 0 Å². The second-order valence-corrected chi connectivity index (χ2v) is 6.50. The second-order valence-electron chi connectivity index (χ2n) is 6.50. The highest BCUT2D eigenvalue weighted by Crippen LogP contribution is 2.25. The van der Waals surface area contributed by atoms with Crippen LogP contribution in [0.4, 0.5) is 0 Å². The molecule has 0 N–H and O–H groups in total. The maximum Gasteiger partial charge on any atom is 0.357 e. The van der Waals surface area contributed by atoms with E-state index in [0.29, 0.717) is 18.0 Å². The van der Waals surface area contributed by atoms with E-state index in [2.05, 4.69) is 15.5 Å². The molecule has 8 heteroatoms. The molecule has 0 unspecified atom stereocenters. The van der Waals surface area contributed by atoms with E-state index in [1.54, 1.807) is 0 Å². The van der Waals surface area contributed by atoms with Gasteiger partial charge in [0.2, 0.25) is 5.78 Å². The standard InChI is InChI=1S/C19H24N4O3.ClH/c1-3-26-18(24)17-14(2)20-19-22(9-8-21-10-12-25-13-11-21)15-6-4-5-7-16(15)23(17)19;/h4-7H,3,8-13H2,1-2H3;1H. The summed E-state index contributed by atoms with van der Waals surface area (Å²) in [6, 6.07) is 8.10.